The highest BCUT2D eigenvalue weighted by molar-refractivity contribution is 7.87. The molecule has 6 heteroatoms. The third-order valence-electron chi connectivity index (χ3n) is 2.95. The average molecular weight is 233 g/mol. The number of nitrogens with zero attached hydrogens (tertiary/aromatic N) is 1. The predicted octanol–water partition coefficient (Wildman–Crippen LogP) is 0.144. The Labute approximate surface area is 91.2 Å². The second kappa shape index (κ2) is 4.37. The van der Waals surface area contributed by atoms with E-state index in [9.17, 15) is 8.42 Å². The molecule has 0 aromatic carbocycles. The maximum Gasteiger partial charge on any atom is 0.281 e. The van der Waals surface area contributed by atoms with E-state index in [-0.39, 0.29) is 12.2 Å². The van der Waals surface area contributed by atoms with Gasteiger partial charge in [0, 0.05) is 12.6 Å². The van der Waals surface area contributed by atoms with Gasteiger partial charge in [-0.05, 0) is 25.7 Å². The smallest absolute Gasteiger partial charge is 0.281 e. The van der Waals surface area contributed by atoms with Crippen LogP contribution in [0.5, 0.6) is 0 Å². The maximum atomic E-state index is 11.9. The van der Waals surface area contributed by atoms with Crippen molar-refractivity contribution < 1.29 is 8.42 Å². The summed E-state index contributed by atoms with van der Waals surface area (Å²) in [5.41, 5.74) is 5.87. The Morgan fingerprint density at radius 3 is 2.53 bits per heavy atom. The van der Waals surface area contributed by atoms with Gasteiger partial charge in [0.2, 0.25) is 0 Å². The Hall–Kier alpha value is -0.170. The molecule has 1 saturated carbocycles. The number of nitrogens with one attached hydrogen (secondary N) is 1. The zero-order chi connectivity index (χ0) is 10.9. The van der Waals surface area contributed by atoms with E-state index in [4.69, 9.17) is 5.73 Å². The van der Waals surface area contributed by atoms with E-state index in [0.29, 0.717) is 6.54 Å². The summed E-state index contributed by atoms with van der Waals surface area (Å²) in [5, 5.41) is 0. The molecule has 5 nitrogen and oxygen atoms in total. The van der Waals surface area contributed by atoms with E-state index >= 15 is 0 Å². The van der Waals surface area contributed by atoms with Crippen molar-refractivity contribution in [1.82, 2.24) is 9.03 Å². The fourth-order valence-corrected chi connectivity index (χ4v) is 3.51. The van der Waals surface area contributed by atoms with Gasteiger partial charge in [-0.1, -0.05) is 12.8 Å². The van der Waals surface area contributed by atoms with Crippen LogP contribution in [0.2, 0.25) is 0 Å². The molecule has 1 aliphatic heterocycles. The highest BCUT2D eigenvalue weighted by Gasteiger charge is 2.33. The molecule has 0 aromatic heterocycles. The summed E-state index contributed by atoms with van der Waals surface area (Å²) in [6.07, 6.45) is 5.36. The molecule has 1 atom stereocenters. The Bertz CT molecular complexity index is 313. The second-order valence-corrected chi connectivity index (χ2v) is 6.08. The molecule has 2 fully saturated rings. The summed E-state index contributed by atoms with van der Waals surface area (Å²) >= 11 is 0. The van der Waals surface area contributed by atoms with Gasteiger partial charge in [-0.3, -0.25) is 0 Å². The van der Waals surface area contributed by atoms with Crippen molar-refractivity contribution in [3.8, 4) is 0 Å². The molecule has 2 rings (SSSR count). The van der Waals surface area contributed by atoms with Crippen LogP contribution in [0, 0.1) is 0 Å². The first-order chi connectivity index (χ1) is 7.09. The zero-order valence-corrected chi connectivity index (χ0v) is 9.67. The van der Waals surface area contributed by atoms with Crippen molar-refractivity contribution in [3.63, 3.8) is 0 Å². The Balaban J connectivity index is 2.04. The average Bonchev–Trinajstić information content (AvgIpc) is 2.92. The van der Waals surface area contributed by atoms with Crippen LogP contribution in [0.3, 0.4) is 0 Å². The van der Waals surface area contributed by atoms with Crippen LogP contribution in [-0.4, -0.2) is 31.5 Å². The molecule has 1 unspecified atom stereocenters. The summed E-state index contributed by atoms with van der Waals surface area (Å²) in [6, 6.07) is 0.158. The van der Waals surface area contributed by atoms with Crippen LogP contribution in [0.1, 0.15) is 38.5 Å². The second-order valence-electron chi connectivity index (χ2n) is 4.42. The summed E-state index contributed by atoms with van der Waals surface area (Å²) < 4.78 is 28.0. The Morgan fingerprint density at radius 2 is 1.87 bits per heavy atom. The largest absolute Gasteiger partial charge is 0.315 e. The highest BCUT2D eigenvalue weighted by Crippen LogP contribution is 2.22. The lowest BCUT2D eigenvalue weighted by molar-refractivity contribution is 0.324. The van der Waals surface area contributed by atoms with E-state index < -0.39 is 10.2 Å². The van der Waals surface area contributed by atoms with Gasteiger partial charge >= 0.3 is 0 Å². The van der Waals surface area contributed by atoms with Crippen molar-refractivity contribution in [2.75, 3.05) is 6.54 Å². The molecular weight excluding hydrogens is 214 g/mol. The molecule has 1 aliphatic carbocycles. The first-order valence-corrected chi connectivity index (χ1v) is 7.08. The van der Waals surface area contributed by atoms with E-state index in [2.05, 4.69) is 4.72 Å². The minimum absolute atomic E-state index is 0.158. The molecular formula is C9H19N3O2S. The van der Waals surface area contributed by atoms with Gasteiger partial charge in [0.1, 0.15) is 0 Å². The van der Waals surface area contributed by atoms with Gasteiger partial charge in [0.25, 0.3) is 10.2 Å². The maximum absolute atomic E-state index is 11.9. The first-order valence-electron chi connectivity index (χ1n) is 5.64. The first kappa shape index (κ1) is 11.3. The van der Waals surface area contributed by atoms with Crippen molar-refractivity contribution in [2.24, 2.45) is 5.73 Å². The monoisotopic (exact) mass is 233 g/mol. The lowest BCUT2D eigenvalue weighted by atomic mass is 10.2. The standard InChI is InChI=1S/C9H19N3O2S/c10-9-4-2-1-3-7-12(9)15(13,14)11-8-5-6-8/h8-9,11H,1-7,10H2. The van der Waals surface area contributed by atoms with Crippen LogP contribution in [0.25, 0.3) is 0 Å². The summed E-state index contributed by atoms with van der Waals surface area (Å²) in [7, 11) is -3.33. The molecule has 2 aliphatic rings. The van der Waals surface area contributed by atoms with Crippen molar-refractivity contribution in [3.05, 3.63) is 0 Å². The van der Waals surface area contributed by atoms with Crippen LogP contribution in [-0.2, 0) is 10.2 Å². The predicted molar refractivity (Wildman–Crippen MR) is 58.2 cm³/mol. The molecule has 0 aromatic rings. The molecule has 1 heterocycles. The quantitative estimate of drug-likeness (QED) is 0.728. The molecule has 0 spiro atoms. The summed E-state index contributed by atoms with van der Waals surface area (Å²) in [4.78, 5) is 0. The number of rotatable bonds is 3. The number of hydrogen-bond acceptors (Lipinski definition) is 3. The van der Waals surface area contributed by atoms with Gasteiger partial charge in [-0.25, -0.2) is 0 Å². The van der Waals surface area contributed by atoms with Crippen LogP contribution in [0.4, 0.5) is 0 Å². The SMILES string of the molecule is NC1CCCCCN1S(=O)(=O)NC1CC1. The molecule has 0 amide bonds. The van der Waals surface area contributed by atoms with Crippen molar-refractivity contribution in [1.29, 1.82) is 0 Å². The van der Waals surface area contributed by atoms with Gasteiger partial charge < -0.3 is 5.73 Å². The molecule has 0 radical (unpaired) electrons. The molecule has 88 valence electrons. The number of hydrogen-bond donors (Lipinski definition) is 2. The fraction of sp³-hybridized carbons (Fsp3) is 1.00. The van der Waals surface area contributed by atoms with E-state index in [1.807, 2.05) is 0 Å². The van der Waals surface area contributed by atoms with E-state index in [1.54, 1.807) is 0 Å². The summed E-state index contributed by atoms with van der Waals surface area (Å²) in [6.45, 7) is 0.559. The van der Waals surface area contributed by atoms with Crippen LogP contribution >= 0.6 is 0 Å². The highest BCUT2D eigenvalue weighted by atomic mass is 32.2. The molecule has 15 heavy (non-hydrogen) atoms. The van der Waals surface area contributed by atoms with Gasteiger partial charge in [0.15, 0.2) is 0 Å². The topological polar surface area (TPSA) is 75.4 Å². The summed E-state index contributed by atoms with van der Waals surface area (Å²) in [5.74, 6) is 0. The fourth-order valence-electron chi connectivity index (χ4n) is 1.89. The van der Waals surface area contributed by atoms with Crippen LogP contribution in [0.15, 0.2) is 0 Å². The van der Waals surface area contributed by atoms with Gasteiger partial charge in [-0.15, -0.1) is 0 Å². The van der Waals surface area contributed by atoms with E-state index in [1.165, 1.54) is 4.31 Å². The number of nitrogens with two attached hydrogens (primary N) is 1. The molecule has 3 N–H and O–H groups in total. The van der Waals surface area contributed by atoms with E-state index in [0.717, 1.165) is 38.5 Å². The van der Waals surface area contributed by atoms with Crippen molar-refractivity contribution in [2.45, 2.75) is 50.7 Å². The minimum Gasteiger partial charge on any atom is -0.315 e. The molecule has 0 bridgehead atoms. The molecule has 1 saturated heterocycles. The third kappa shape index (κ3) is 2.90. The Kier molecular flexibility index (Phi) is 3.30. The van der Waals surface area contributed by atoms with Crippen molar-refractivity contribution >= 4 is 10.2 Å². The Morgan fingerprint density at radius 1 is 1.13 bits per heavy atom. The minimum atomic E-state index is -3.33. The normalized spacial score (nSPS) is 30.1. The third-order valence-corrected chi connectivity index (χ3v) is 4.65. The lowest BCUT2D eigenvalue weighted by Gasteiger charge is -2.25. The van der Waals surface area contributed by atoms with Gasteiger partial charge in [-0.2, -0.15) is 17.4 Å². The van der Waals surface area contributed by atoms with Crippen LogP contribution < -0.4 is 10.5 Å². The van der Waals surface area contributed by atoms with Gasteiger partial charge in [0.05, 0.1) is 6.17 Å². The zero-order valence-electron chi connectivity index (χ0n) is 8.85. The lowest BCUT2D eigenvalue weighted by Crippen LogP contribution is -2.50.